The third-order valence-corrected chi connectivity index (χ3v) is 4.60. The molecule has 23 heavy (non-hydrogen) atoms. The van der Waals surface area contributed by atoms with E-state index in [0.717, 1.165) is 11.1 Å². The van der Waals surface area contributed by atoms with E-state index in [1.165, 1.54) is 12.1 Å². The maximum atomic E-state index is 13.2. The molecule has 1 aliphatic rings. The Morgan fingerprint density at radius 2 is 1.87 bits per heavy atom. The summed E-state index contributed by atoms with van der Waals surface area (Å²) in [6.45, 7) is 1.74. The van der Waals surface area contributed by atoms with E-state index in [9.17, 15) is 9.50 Å². The van der Waals surface area contributed by atoms with Crippen molar-refractivity contribution in [2.24, 2.45) is 5.41 Å². The third-order valence-electron chi connectivity index (χ3n) is 4.25. The van der Waals surface area contributed by atoms with Gasteiger partial charge < -0.3 is 15.2 Å². The van der Waals surface area contributed by atoms with E-state index in [4.69, 9.17) is 16.3 Å². The Hall–Kier alpha value is -1.46. The quantitative estimate of drug-likeness (QED) is 0.852. The molecular formula is C18H19ClFNO2. The van der Waals surface area contributed by atoms with Crippen molar-refractivity contribution >= 4 is 11.6 Å². The zero-order valence-electron chi connectivity index (χ0n) is 12.6. The molecule has 0 spiro atoms. The lowest BCUT2D eigenvalue weighted by Crippen LogP contribution is -2.52. The summed E-state index contributed by atoms with van der Waals surface area (Å²) in [6, 6.07) is 13.8. The molecule has 122 valence electrons. The van der Waals surface area contributed by atoms with Crippen LogP contribution in [0.15, 0.2) is 48.5 Å². The largest absolute Gasteiger partial charge is 0.396 e. The van der Waals surface area contributed by atoms with Crippen molar-refractivity contribution in [3.05, 3.63) is 70.5 Å². The van der Waals surface area contributed by atoms with Gasteiger partial charge in [0, 0.05) is 11.6 Å². The average molecular weight is 336 g/mol. The summed E-state index contributed by atoms with van der Waals surface area (Å²) in [6.07, 6.45) is 0. The molecule has 0 aromatic heterocycles. The molecule has 2 aromatic rings. The molecule has 1 heterocycles. The highest BCUT2D eigenvalue weighted by Crippen LogP contribution is 2.31. The standard InChI is InChI=1S/C18H19ClFNO2/c19-16-4-2-1-3-15(16)17(13-5-7-14(20)8-6-13)21-9-18(10-22)11-23-12-18/h1-8,17,21-22H,9-12H2. The summed E-state index contributed by atoms with van der Waals surface area (Å²) in [5, 5.41) is 13.7. The van der Waals surface area contributed by atoms with Crippen LogP contribution in [0.2, 0.25) is 5.02 Å². The van der Waals surface area contributed by atoms with Crippen molar-refractivity contribution in [3.8, 4) is 0 Å². The molecule has 1 fully saturated rings. The molecule has 1 saturated heterocycles. The predicted octanol–water partition coefficient (Wildman–Crippen LogP) is 3.17. The number of hydrogen-bond donors (Lipinski definition) is 2. The Bertz CT molecular complexity index is 653. The molecule has 0 saturated carbocycles. The molecule has 5 heteroatoms. The summed E-state index contributed by atoms with van der Waals surface area (Å²) in [5.74, 6) is -0.272. The lowest BCUT2D eigenvalue weighted by Gasteiger charge is -2.41. The lowest BCUT2D eigenvalue weighted by molar-refractivity contribution is -0.134. The second kappa shape index (κ2) is 6.97. The van der Waals surface area contributed by atoms with Crippen LogP contribution >= 0.6 is 11.6 Å². The van der Waals surface area contributed by atoms with Gasteiger partial charge in [-0.3, -0.25) is 0 Å². The van der Waals surface area contributed by atoms with Gasteiger partial charge in [-0.15, -0.1) is 0 Å². The van der Waals surface area contributed by atoms with Crippen molar-refractivity contribution in [2.45, 2.75) is 6.04 Å². The minimum absolute atomic E-state index is 0.0681. The molecule has 1 atom stereocenters. The van der Waals surface area contributed by atoms with E-state index >= 15 is 0 Å². The number of benzene rings is 2. The van der Waals surface area contributed by atoms with Crippen molar-refractivity contribution in [2.75, 3.05) is 26.4 Å². The molecule has 1 aliphatic heterocycles. The topological polar surface area (TPSA) is 41.5 Å². The van der Waals surface area contributed by atoms with E-state index in [1.54, 1.807) is 12.1 Å². The lowest BCUT2D eigenvalue weighted by atomic mass is 9.86. The molecule has 3 rings (SSSR count). The van der Waals surface area contributed by atoms with Gasteiger partial charge in [0.25, 0.3) is 0 Å². The zero-order valence-corrected chi connectivity index (χ0v) is 13.4. The highest BCUT2D eigenvalue weighted by atomic mass is 35.5. The summed E-state index contributed by atoms with van der Waals surface area (Å²) >= 11 is 6.34. The van der Waals surface area contributed by atoms with Gasteiger partial charge in [-0.2, -0.15) is 0 Å². The van der Waals surface area contributed by atoms with E-state index in [0.29, 0.717) is 24.8 Å². The summed E-state index contributed by atoms with van der Waals surface area (Å²) in [7, 11) is 0. The van der Waals surface area contributed by atoms with E-state index in [2.05, 4.69) is 5.32 Å². The van der Waals surface area contributed by atoms with Gasteiger partial charge in [0.15, 0.2) is 0 Å². The van der Waals surface area contributed by atoms with Crippen LogP contribution < -0.4 is 5.32 Å². The van der Waals surface area contributed by atoms with Gasteiger partial charge in [-0.25, -0.2) is 4.39 Å². The molecular weight excluding hydrogens is 317 g/mol. The van der Waals surface area contributed by atoms with Crippen LogP contribution in [0.3, 0.4) is 0 Å². The van der Waals surface area contributed by atoms with Crippen molar-refractivity contribution in [1.82, 2.24) is 5.32 Å². The van der Waals surface area contributed by atoms with Crippen LogP contribution in [0.1, 0.15) is 17.2 Å². The number of halogens is 2. The monoisotopic (exact) mass is 335 g/mol. The van der Waals surface area contributed by atoms with Gasteiger partial charge in [0.1, 0.15) is 5.82 Å². The van der Waals surface area contributed by atoms with Crippen molar-refractivity contribution in [3.63, 3.8) is 0 Å². The smallest absolute Gasteiger partial charge is 0.123 e. The number of rotatable bonds is 6. The molecule has 0 bridgehead atoms. The second-order valence-electron chi connectivity index (χ2n) is 6.04. The number of ether oxygens (including phenoxy) is 1. The van der Waals surface area contributed by atoms with Gasteiger partial charge in [0.05, 0.1) is 31.3 Å². The maximum absolute atomic E-state index is 13.2. The Morgan fingerprint density at radius 3 is 2.43 bits per heavy atom. The zero-order chi connectivity index (χ0) is 16.3. The Morgan fingerprint density at radius 1 is 1.17 bits per heavy atom. The first-order chi connectivity index (χ1) is 11.1. The maximum Gasteiger partial charge on any atom is 0.123 e. The van der Waals surface area contributed by atoms with Crippen molar-refractivity contribution < 1.29 is 14.2 Å². The van der Waals surface area contributed by atoms with Gasteiger partial charge >= 0.3 is 0 Å². The molecule has 0 aliphatic carbocycles. The summed E-state index contributed by atoms with van der Waals surface area (Å²) in [5.41, 5.74) is 1.60. The summed E-state index contributed by atoms with van der Waals surface area (Å²) in [4.78, 5) is 0. The predicted molar refractivity (Wildman–Crippen MR) is 88.0 cm³/mol. The van der Waals surface area contributed by atoms with Crippen LogP contribution in [0.25, 0.3) is 0 Å². The van der Waals surface area contributed by atoms with Crippen LogP contribution in [-0.4, -0.2) is 31.5 Å². The Balaban J connectivity index is 1.87. The van der Waals surface area contributed by atoms with E-state index in [1.807, 2.05) is 24.3 Å². The molecule has 3 nitrogen and oxygen atoms in total. The van der Waals surface area contributed by atoms with Crippen LogP contribution in [0.4, 0.5) is 4.39 Å². The molecule has 1 unspecified atom stereocenters. The van der Waals surface area contributed by atoms with Gasteiger partial charge in [0.2, 0.25) is 0 Å². The molecule has 2 N–H and O–H groups in total. The van der Waals surface area contributed by atoms with E-state index in [-0.39, 0.29) is 23.9 Å². The normalized spacial score (nSPS) is 17.5. The Labute approximate surface area is 140 Å². The fourth-order valence-corrected chi connectivity index (χ4v) is 2.98. The number of nitrogens with one attached hydrogen (secondary N) is 1. The Kier molecular flexibility index (Phi) is 4.97. The minimum atomic E-state index is -0.272. The molecule has 0 radical (unpaired) electrons. The number of hydrogen-bond acceptors (Lipinski definition) is 3. The highest BCUT2D eigenvalue weighted by molar-refractivity contribution is 6.31. The first-order valence-corrected chi connectivity index (χ1v) is 7.93. The average Bonchev–Trinajstić information content (AvgIpc) is 2.53. The fourth-order valence-electron chi connectivity index (χ4n) is 2.73. The fraction of sp³-hybridized carbons (Fsp3) is 0.333. The molecule has 2 aromatic carbocycles. The first-order valence-electron chi connectivity index (χ1n) is 7.55. The van der Waals surface area contributed by atoms with Gasteiger partial charge in [-0.05, 0) is 29.3 Å². The first kappa shape index (κ1) is 16.4. The van der Waals surface area contributed by atoms with Crippen LogP contribution in [0, 0.1) is 11.2 Å². The van der Waals surface area contributed by atoms with Crippen LogP contribution in [-0.2, 0) is 4.74 Å². The van der Waals surface area contributed by atoms with E-state index < -0.39 is 0 Å². The SMILES string of the molecule is OCC1(CNC(c2ccc(F)cc2)c2ccccc2Cl)COC1. The third kappa shape index (κ3) is 3.56. The van der Waals surface area contributed by atoms with Gasteiger partial charge in [-0.1, -0.05) is 41.9 Å². The number of aliphatic hydroxyl groups excluding tert-OH is 1. The van der Waals surface area contributed by atoms with Crippen LogP contribution in [0.5, 0.6) is 0 Å². The molecule has 0 amide bonds. The highest BCUT2D eigenvalue weighted by Gasteiger charge is 2.38. The number of aliphatic hydroxyl groups is 1. The summed E-state index contributed by atoms with van der Waals surface area (Å²) < 4.78 is 18.5. The minimum Gasteiger partial charge on any atom is -0.396 e. The second-order valence-corrected chi connectivity index (χ2v) is 6.45. The van der Waals surface area contributed by atoms with Crippen molar-refractivity contribution in [1.29, 1.82) is 0 Å².